The molecule has 0 aliphatic carbocycles. The fourth-order valence-corrected chi connectivity index (χ4v) is 9.62. The van der Waals surface area contributed by atoms with E-state index in [9.17, 15) is 14.3 Å². The van der Waals surface area contributed by atoms with Crippen LogP contribution in [0.25, 0.3) is 0 Å². The lowest BCUT2D eigenvalue weighted by atomic mass is 10.0. The Kier molecular flexibility index (Phi) is 52.5. The molecule has 8 nitrogen and oxygen atoms in total. The first-order valence-corrected chi connectivity index (χ1v) is 31.6. The monoisotopic (exact) mass is 997 g/mol. The van der Waals surface area contributed by atoms with Crippen molar-refractivity contribution in [2.24, 2.45) is 0 Å². The number of unbranched alkanes of at least 4 members (excludes halogenated alkanes) is 39. The number of nitrogens with zero attached hydrogens (tertiary/aromatic N) is 1. The molecule has 0 bridgehead atoms. The number of esters is 1. The highest BCUT2D eigenvalue weighted by atomic mass is 31.2. The summed E-state index contributed by atoms with van der Waals surface area (Å²) in [7, 11) is 1.69. The van der Waals surface area contributed by atoms with Gasteiger partial charge in [0.25, 0.3) is 0 Å². The van der Waals surface area contributed by atoms with E-state index in [1.807, 2.05) is 21.1 Å². The first-order valence-electron chi connectivity index (χ1n) is 30.1. The van der Waals surface area contributed by atoms with Crippen molar-refractivity contribution < 1.29 is 37.3 Å². The van der Waals surface area contributed by atoms with Crippen LogP contribution < -0.4 is 0 Å². The zero-order chi connectivity index (χ0) is 50.5. The summed E-state index contributed by atoms with van der Waals surface area (Å²) in [5.41, 5.74) is 0. The number of phosphoric ester groups is 1. The van der Waals surface area contributed by atoms with Crippen LogP contribution in [0.4, 0.5) is 0 Å². The van der Waals surface area contributed by atoms with E-state index in [2.05, 4.69) is 38.2 Å². The highest BCUT2D eigenvalue weighted by Gasteiger charge is 2.26. The zero-order valence-electron chi connectivity index (χ0n) is 46.8. The highest BCUT2D eigenvalue weighted by Crippen LogP contribution is 2.43. The van der Waals surface area contributed by atoms with Crippen molar-refractivity contribution in [2.75, 3.05) is 54.1 Å². The molecule has 0 aromatic heterocycles. The fraction of sp³-hybridized carbons (Fsp3) is 0.917. The maximum absolute atomic E-state index is 12.8. The van der Waals surface area contributed by atoms with Crippen LogP contribution in [0.15, 0.2) is 24.3 Å². The van der Waals surface area contributed by atoms with Gasteiger partial charge in [-0.05, 0) is 44.9 Å². The summed E-state index contributed by atoms with van der Waals surface area (Å²) in [4.78, 5) is 23.1. The summed E-state index contributed by atoms with van der Waals surface area (Å²) in [5, 5.41) is 0. The number of rotatable bonds is 57. The van der Waals surface area contributed by atoms with E-state index < -0.39 is 13.9 Å². The number of carbonyl (C=O) groups is 1. The maximum atomic E-state index is 12.8. The number of likely N-dealkylation sites (N-methyl/N-ethyl adjacent to an activating group) is 1. The van der Waals surface area contributed by atoms with Crippen LogP contribution >= 0.6 is 7.82 Å². The summed E-state index contributed by atoms with van der Waals surface area (Å²) in [6, 6.07) is 0. The molecule has 0 saturated carbocycles. The number of hydrogen-bond acceptors (Lipinski definition) is 6. The molecule has 0 fully saturated rings. The lowest BCUT2D eigenvalue weighted by molar-refractivity contribution is -0.870. The molecule has 0 rings (SSSR count). The standard InChI is InChI=1S/C60H118NO7P/c1-6-8-10-12-14-16-18-20-22-24-26-28-29-30-31-32-34-36-38-40-42-44-46-48-50-52-55-65-57-59(58-67-69(63,64)66-56-54-61(3,4)5)68-60(62)53-51-49-47-45-43-41-39-37-35-33-27-25-23-21-19-17-15-13-11-9-7-2/h18,20,24,26,59H,6-17,19,21-23,25,27-58H2,1-5H3/p+1/b20-18-,26-24-. The minimum atomic E-state index is -4.28. The first-order chi connectivity index (χ1) is 33.6. The molecule has 2 atom stereocenters. The molecule has 410 valence electrons. The highest BCUT2D eigenvalue weighted by molar-refractivity contribution is 7.47. The Labute approximate surface area is 430 Å². The van der Waals surface area contributed by atoms with E-state index in [4.69, 9.17) is 18.5 Å². The van der Waals surface area contributed by atoms with Gasteiger partial charge < -0.3 is 18.9 Å². The van der Waals surface area contributed by atoms with Crippen LogP contribution in [0.1, 0.15) is 296 Å². The predicted molar refractivity (Wildman–Crippen MR) is 298 cm³/mol. The van der Waals surface area contributed by atoms with Crippen LogP contribution in [0, 0.1) is 0 Å². The van der Waals surface area contributed by atoms with Gasteiger partial charge in [-0.3, -0.25) is 13.8 Å². The first kappa shape index (κ1) is 68.0. The molecule has 0 amide bonds. The van der Waals surface area contributed by atoms with Crippen LogP contribution in [0.5, 0.6) is 0 Å². The molecule has 0 aromatic rings. The van der Waals surface area contributed by atoms with E-state index in [1.54, 1.807) is 0 Å². The summed E-state index contributed by atoms with van der Waals surface area (Å²) in [6.45, 7) is 5.69. The zero-order valence-corrected chi connectivity index (χ0v) is 47.7. The minimum absolute atomic E-state index is 0.0918. The Hall–Kier alpha value is -1.02. The Balaban J connectivity index is 4.00. The van der Waals surface area contributed by atoms with Crippen molar-refractivity contribution in [3.63, 3.8) is 0 Å². The fourth-order valence-electron chi connectivity index (χ4n) is 8.88. The number of ether oxygens (including phenoxy) is 2. The van der Waals surface area contributed by atoms with Gasteiger partial charge in [0.15, 0.2) is 0 Å². The molecule has 0 saturated heterocycles. The van der Waals surface area contributed by atoms with Gasteiger partial charge in [-0.25, -0.2) is 4.57 Å². The summed E-state index contributed by atoms with van der Waals surface area (Å²) < 4.78 is 35.3. The van der Waals surface area contributed by atoms with Gasteiger partial charge in [0, 0.05) is 13.0 Å². The van der Waals surface area contributed by atoms with Gasteiger partial charge in [-0.2, -0.15) is 0 Å². The Morgan fingerprint density at radius 3 is 1.17 bits per heavy atom. The normalized spacial score (nSPS) is 13.5. The Morgan fingerprint density at radius 1 is 0.449 bits per heavy atom. The molecule has 2 unspecified atom stereocenters. The van der Waals surface area contributed by atoms with E-state index in [1.165, 1.54) is 238 Å². The van der Waals surface area contributed by atoms with E-state index in [-0.39, 0.29) is 25.8 Å². The van der Waals surface area contributed by atoms with Crippen molar-refractivity contribution in [1.29, 1.82) is 0 Å². The van der Waals surface area contributed by atoms with Crippen molar-refractivity contribution in [2.45, 2.75) is 302 Å². The molecule has 1 N–H and O–H groups in total. The number of phosphoric acid groups is 1. The van der Waals surface area contributed by atoms with Gasteiger partial charge in [0.1, 0.15) is 19.3 Å². The molecule has 0 aliphatic rings. The lowest BCUT2D eigenvalue weighted by Crippen LogP contribution is -2.37. The second kappa shape index (κ2) is 53.3. The van der Waals surface area contributed by atoms with Gasteiger partial charge in [-0.15, -0.1) is 0 Å². The Morgan fingerprint density at radius 2 is 0.797 bits per heavy atom. The van der Waals surface area contributed by atoms with Gasteiger partial charge >= 0.3 is 13.8 Å². The number of hydrogen-bond donors (Lipinski definition) is 1. The quantitative estimate of drug-likeness (QED) is 0.0213. The van der Waals surface area contributed by atoms with E-state index in [0.29, 0.717) is 24.1 Å². The van der Waals surface area contributed by atoms with E-state index in [0.717, 1.165) is 38.5 Å². The van der Waals surface area contributed by atoms with Gasteiger partial charge in [0.2, 0.25) is 0 Å². The SMILES string of the molecule is CCCCCCC/C=C\C/C=C\CCCCCCCCCCCCCCCCOCC(COP(=O)(O)OCC[N+](C)(C)C)OC(=O)CCCCCCCCCCCCCCCCCCCCCCC. The summed E-state index contributed by atoms with van der Waals surface area (Å²) in [5.74, 6) is -0.305. The Bertz CT molecular complexity index is 1160. The van der Waals surface area contributed by atoms with Crippen molar-refractivity contribution in [3.05, 3.63) is 24.3 Å². The largest absolute Gasteiger partial charge is 0.472 e. The average molecular weight is 998 g/mol. The van der Waals surface area contributed by atoms with Crippen molar-refractivity contribution >= 4 is 13.8 Å². The third-order valence-corrected chi connectivity index (χ3v) is 14.5. The molecular formula is C60H119NO7P+. The van der Waals surface area contributed by atoms with Gasteiger partial charge in [0.05, 0.1) is 34.4 Å². The minimum Gasteiger partial charge on any atom is -0.457 e. The molecular weight excluding hydrogens is 878 g/mol. The molecule has 0 radical (unpaired) electrons. The number of quaternary nitrogens is 1. The summed E-state index contributed by atoms with van der Waals surface area (Å²) in [6.07, 6.45) is 65.3. The topological polar surface area (TPSA) is 91.3 Å². The molecule has 69 heavy (non-hydrogen) atoms. The van der Waals surface area contributed by atoms with Crippen LogP contribution in [-0.4, -0.2) is 75.6 Å². The van der Waals surface area contributed by atoms with Crippen LogP contribution in [-0.2, 0) is 27.9 Å². The lowest BCUT2D eigenvalue weighted by Gasteiger charge is -2.24. The third-order valence-electron chi connectivity index (χ3n) is 13.5. The maximum Gasteiger partial charge on any atom is 0.472 e. The van der Waals surface area contributed by atoms with Crippen LogP contribution in [0.2, 0.25) is 0 Å². The summed E-state index contributed by atoms with van der Waals surface area (Å²) >= 11 is 0. The molecule has 0 aromatic carbocycles. The number of allylic oxidation sites excluding steroid dienone is 4. The van der Waals surface area contributed by atoms with Crippen LogP contribution in [0.3, 0.4) is 0 Å². The van der Waals surface area contributed by atoms with Gasteiger partial charge in [-0.1, -0.05) is 269 Å². The second-order valence-electron chi connectivity index (χ2n) is 21.7. The van der Waals surface area contributed by atoms with Crippen molar-refractivity contribution in [3.8, 4) is 0 Å². The van der Waals surface area contributed by atoms with Crippen molar-refractivity contribution in [1.82, 2.24) is 0 Å². The third kappa shape index (κ3) is 57.8. The smallest absolute Gasteiger partial charge is 0.457 e. The molecule has 9 heteroatoms. The molecule has 0 heterocycles. The van der Waals surface area contributed by atoms with E-state index >= 15 is 0 Å². The average Bonchev–Trinajstić information content (AvgIpc) is 3.31. The molecule has 0 spiro atoms. The second-order valence-corrected chi connectivity index (χ2v) is 23.2. The predicted octanol–water partition coefficient (Wildman–Crippen LogP) is 19.1. The number of carbonyl (C=O) groups excluding carboxylic acids is 1. The molecule has 0 aliphatic heterocycles.